The Morgan fingerprint density at radius 2 is 1.23 bits per heavy atom. The van der Waals surface area contributed by atoms with Crippen molar-refractivity contribution in [3.8, 4) is 33.5 Å². The molecule has 4 heteroatoms. The summed E-state index contributed by atoms with van der Waals surface area (Å²) in [7, 11) is 0. The maximum absolute atomic E-state index is 4.95. The van der Waals surface area contributed by atoms with Crippen LogP contribution in [0.5, 0.6) is 0 Å². The monoisotopic (exact) mass is 694 g/mol. The molecule has 0 fully saturated rings. The molecule has 3 heterocycles. The number of rotatable bonds is 4. The number of thiophene rings is 1. The van der Waals surface area contributed by atoms with Gasteiger partial charge in [0.05, 0.1) is 10.4 Å². The lowest BCUT2D eigenvalue weighted by Crippen LogP contribution is -2.57. The third kappa shape index (κ3) is 6.07. The summed E-state index contributed by atoms with van der Waals surface area (Å²) in [5.74, 6) is 0. The van der Waals surface area contributed by atoms with Crippen LogP contribution in [-0.4, -0.2) is 11.7 Å². The fourth-order valence-corrected chi connectivity index (χ4v) is 9.06. The number of nitrogens with one attached hydrogen (secondary N) is 1. The highest BCUT2D eigenvalue weighted by molar-refractivity contribution is 7.17. The van der Waals surface area contributed by atoms with Crippen molar-refractivity contribution in [2.45, 2.75) is 73.1 Å². The van der Waals surface area contributed by atoms with Crippen molar-refractivity contribution in [2.75, 3.05) is 5.32 Å². The molecule has 1 aliphatic heterocycles. The van der Waals surface area contributed by atoms with E-state index in [2.05, 4.69) is 176 Å². The second kappa shape index (κ2) is 12.6. The molecule has 258 valence electrons. The minimum atomic E-state index is -0.0487. The molecule has 2 nitrogen and oxygen atoms in total. The summed E-state index contributed by atoms with van der Waals surface area (Å²) >= 11 is 1.77. The van der Waals surface area contributed by atoms with E-state index in [9.17, 15) is 0 Å². The van der Waals surface area contributed by atoms with E-state index in [4.69, 9.17) is 4.98 Å². The molecule has 1 N–H and O–H groups in total. The van der Waals surface area contributed by atoms with Crippen molar-refractivity contribution in [1.82, 2.24) is 4.98 Å². The Hall–Kier alpha value is -4.93. The summed E-state index contributed by atoms with van der Waals surface area (Å²) in [5, 5.41) is 7.35. The number of nitrogens with zero attached hydrogens (tertiary/aromatic N) is 1. The van der Waals surface area contributed by atoms with Gasteiger partial charge in [-0.1, -0.05) is 130 Å². The summed E-state index contributed by atoms with van der Waals surface area (Å²) in [6, 6.07) is 39.1. The summed E-state index contributed by atoms with van der Waals surface area (Å²) in [6.07, 6.45) is 1.95. The molecule has 0 bridgehead atoms. The van der Waals surface area contributed by atoms with Crippen LogP contribution in [0.4, 0.5) is 11.4 Å². The Bertz CT molecular complexity index is 2490. The van der Waals surface area contributed by atoms with Gasteiger partial charge in [0.2, 0.25) is 6.71 Å². The third-order valence-corrected chi connectivity index (χ3v) is 11.8. The van der Waals surface area contributed by atoms with Crippen LogP contribution in [0.1, 0.15) is 69.4 Å². The zero-order valence-corrected chi connectivity index (χ0v) is 32.7. The van der Waals surface area contributed by atoms with Crippen molar-refractivity contribution in [3.63, 3.8) is 0 Å². The minimum absolute atomic E-state index is 0.0321. The predicted molar refractivity (Wildman–Crippen MR) is 228 cm³/mol. The van der Waals surface area contributed by atoms with Gasteiger partial charge >= 0.3 is 0 Å². The molecular weight excluding hydrogens is 647 g/mol. The van der Waals surface area contributed by atoms with E-state index in [0.717, 1.165) is 5.69 Å². The molecule has 7 aromatic rings. The lowest BCUT2D eigenvalue weighted by Gasteiger charge is -2.32. The Labute approximate surface area is 314 Å². The maximum Gasteiger partial charge on any atom is 0.247 e. The second-order valence-corrected chi connectivity index (χ2v) is 17.7. The second-order valence-electron chi connectivity index (χ2n) is 16.8. The minimum Gasteiger partial charge on any atom is -0.356 e. The van der Waals surface area contributed by atoms with Crippen molar-refractivity contribution in [3.05, 3.63) is 143 Å². The van der Waals surface area contributed by atoms with Gasteiger partial charge < -0.3 is 5.32 Å². The molecule has 52 heavy (non-hydrogen) atoms. The van der Waals surface area contributed by atoms with E-state index in [1.54, 1.807) is 11.3 Å². The molecular formula is C48H47BN2S. The molecule has 1 aliphatic rings. The highest BCUT2D eigenvalue weighted by Gasteiger charge is 2.34. The van der Waals surface area contributed by atoms with E-state index in [1.807, 2.05) is 6.20 Å². The lowest BCUT2D eigenvalue weighted by atomic mass is 9.34. The molecule has 0 unspecified atom stereocenters. The Balaban J connectivity index is 1.36. The number of fused-ring (bicyclic) bond motifs is 3. The number of anilines is 2. The molecule has 2 aromatic heterocycles. The van der Waals surface area contributed by atoms with Crippen molar-refractivity contribution in [2.24, 2.45) is 0 Å². The first-order chi connectivity index (χ1) is 24.8. The van der Waals surface area contributed by atoms with E-state index < -0.39 is 0 Å². The average Bonchev–Trinajstić information content (AvgIpc) is 3.59. The van der Waals surface area contributed by atoms with Crippen molar-refractivity contribution >= 4 is 55.9 Å². The van der Waals surface area contributed by atoms with Gasteiger partial charge in [-0.05, 0) is 118 Å². The maximum atomic E-state index is 4.95. The van der Waals surface area contributed by atoms with E-state index in [0.29, 0.717) is 0 Å². The molecule has 0 radical (unpaired) electrons. The van der Waals surface area contributed by atoms with Crippen LogP contribution in [0.3, 0.4) is 0 Å². The van der Waals surface area contributed by atoms with Gasteiger partial charge in [-0.25, -0.2) is 0 Å². The number of aromatic nitrogens is 1. The van der Waals surface area contributed by atoms with Crippen LogP contribution in [0.25, 0.3) is 43.6 Å². The highest BCUT2D eigenvalue weighted by atomic mass is 32.1. The van der Waals surface area contributed by atoms with Gasteiger partial charge in [0.25, 0.3) is 0 Å². The standard InChI is InChI=1S/C48H47BN2S/c1-29-21-30(2)43(31(3)22-29)49-40-14-10-11-16-42(40)51-45-39(13-12-15-41(45)49)35-23-33(25-37(27-35)47(4,5)6)34-24-36(28-38(26-34)48(7,8)9)44-46-32(17-19-50-44)18-20-52-46/h10-28,51H,1-9H3. The molecule has 0 spiro atoms. The molecule has 0 saturated carbocycles. The first-order valence-corrected chi connectivity index (χ1v) is 19.4. The SMILES string of the molecule is Cc1cc(C)c(B2c3ccccc3Nc3c2cccc3-c2cc(-c3cc(-c4nccc5ccsc45)cc(C(C)(C)C)c3)cc(C(C)(C)C)c2)c(C)c1. The first-order valence-electron chi connectivity index (χ1n) is 18.5. The molecule has 0 saturated heterocycles. The van der Waals surface area contributed by atoms with Gasteiger partial charge in [0.1, 0.15) is 0 Å². The number of para-hydroxylation sites is 2. The Morgan fingerprint density at radius 3 is 1.92 bits per heavy atom. The van der Waals surface area contributed by atoms with Crippen molar-refractivity contribution < 1.29 is 0 Å². The van der Waals surface area contributed by atoms with Gasteiger partial charge in [0.15, 0.2) is 0 Å². The van der Waals surface area contributed by atoms with Crippen molar-refractivity contribution in [1.29, 1.82) is 0 Å². The quantitative estimate of drug-likeness (QED) is 0.186. The van der Waals surface area contributed by atoms with Gasteiger partial charge in [0, 0.05) is 28.7 Å². The largest absolute Gasteiger partial charge is 0.356 e. The number of hydrogen-bond donors (Lipinski definition) is 1. The molecule has 0 aliphatic carbocycles. The Morgan fingerprint density at radius 1 is 0.615 bits per heavy atom. The van der Waals surface area contributed by atoms with Crippen LogP contribution < -0.4 is 21.7 Å². The summed E-state index contributed by atoms with van der Waals surface area (Å²) in [6.45, 7) is 20.8. The normalized spacial score (nSPS) is 12.8. The number of aryl methyl sites for hydroxylation is 3. The summed E-state index contributed by atoms with van der Waals surface area (Å²) in [5.41, 5.74) is 20.1. The van der Waals surface area contributed by atoms with Gasteiger partial charge in [-0.15, -0.1) is 11.3 Å². The Kier molecular flexibility index (Phi) is 8.30. The summed E-state index contributed by atoms with van der Waals surface area (Å²) < 4.78 is 1.24. The van der Waals surface area contributed by atoms with Crippen LogP contribution >= 0.6 is 11.3 Å². The van der Waals surface area contributed by atoms with Gasteiger partial charge in [-0.2, -0.15) is 0 Å². The molecule has 5 aromatic carbocycles. The fourth-order valence-electron chi connectivity index (χ4n) is 8.16. The number of benzene rings is 5. The molecule has 8 rings (SSSR count). The molecule has 0 atom stereocenters. The van der Waals surface area contributed by atoms with Gasteiger partial charge in [-0.3, -0.25) is 4.98 Å². The van der Waals surface area contributed by atoms with E-state index in [1.165, 1.54) is 93.5 Å². The first kappa shape index (κ1) is 34.2. The predicted octanol–water partition coefficient (Wildman–Crippen LogP) is 11.4. The van der Waals surface area contributed by atoms with Crippen LogP contribution in [0.2, 0.25) is 0 Å². The highest BCUT2D eigenvalue weighted by Crippen LogP contribution is 2.41. The summed E-state index contributed by atoms with van der Waals surface area (Å²) in [4.78, 5) is 4.95. The topological polar surface area (TPSA) is 24.9 Å². The average molecular weight is 695 g/mol. The van der Waals surface area contributed by atoms with E-state index >= 15 is 0 Å². The smallest absolute Gasteiger partial charge is 0.247 e. The van der Waals surface area contributed by atoms with Crippen LogP contribution in [-0.2, 0) is 10.8 Å². The van der Waals surface area contributed by atoms with E-state index in [-0.39, 0.29) is 17.5 Å². The lowest BCUT2D eigenvalue weighted by molar-refractivity contribution is 0.589. The van der Waals surface area contributed by atoms with Crippen LogP contribution in [0.15, 0.2) is 115 Å². The third-order valence-electron chi connectivity index (χ3n) is 10.9. The molecule has 0 amide bonds. The fraction of sp³-hybridized carbons (Fsp3) is 0.229. The van der Waals surface area contributed by atoms with Crippen LogP contribution in [0, 0.1) is 20.8 Å². The zero-order chi connectivity index (χ0) is 36.5. The number of pyridine rings is 1. The zero-order valence-electron chi connectivity index (χ0n) is 31.9. The number of hydrogen-bond acceptors (Lipinski definition) is 3.